The Balaban J connectivity index is 1.88. The van der Waals surface area contributed by atoms with Gasteiger partial charge in [0.1, 0.15) is 6.26 Å². The molecule has 4 aromatic rings. The number of nitrogens with zero attached hydrogens (tertiary/aromatic N) is 2. The molecule has 3 heterocycles. The Morgan fingerprint density at radius 2 is 2.00 bits per heavy atom. The Kier molecular flexibility index (Phi) is 3.87. The number of hydrogen-bond acceptors (Lipinski definition) is 6. The first-order valence-electron chi connectivity index (χ1n) is 7.27. The van der Waals surface area contributed by atoms with E-state index in [9.17, 15) is 4.79 Å². The third-order valence-electron chi connectivity index (χ3n) is 3.60. The zero-order chi connectivity index (χ0) is 17.4. The summed E-state index contributed by atoms with van der Waals surface area (Å²) in [6, 6.07) is 11.2. The predicted molar refractivity (Wildman–Crippen MR) is 98.4 cm³/mol. The maximum absolute atomic E-state index is 11.7. The minimum atomic E-state index is -0.614. The van der Waals surface area contributed by atoms with Crippen LogP contribution >= 0.6 is 22.9 Å². The van der Waals surface area contributed by atoms with E-state index >= 15 is 0 Å². The summed E-state index contributed by atoms with van der Waals surface area (Å²) in [5.41, 5.74) is 7.32. The van der Waals surface area contributed by atoms with Crippen LogP contribution in [0.3, 0.4) is 0 Å². The lowest BCUT2D eigenvalue weighted by Gasteiger charge is -2.04. The Morgan fingerprint density at radius 3 is 2.68 bits per heavy atom. The largest absolute Gasteiger partial charge is 0.470 e. The molecule has 0 saturated carbocycles. The van der Waals surface area contributed by atoms with Crippen molar-refractivity contribution in [2.24, 2.45) is 5.73 Å². The topological polar surface area (TPSA) is 94.0 Å². The fourth-order valence-electron chi connectivity index (χ4n) is 2.42. The van der Waals surface area contributed by atoms with Crippen molar-refractivity contribution in [2.45, 2.75) is 0 Å². The standard InChI is InChI=1S/C17H11ClN4O2S/c18-10-3-1-9(2-4-10)13-7-12-15(25-13)14(16(19)23)21-22-17(12)20-11-5-6-24-8-11/h1-8H,(H2,19,23)(H,20,22). The van der Waals surface area contributed by atoms with Gasteiger partial charge in [-0.2, -0.15) is 0 Å². The van der Waals surface area contributed by atoms with Gasteiger partial charge < -0.3 is 15.5 Å². The molecule has 0 bridgehead atoms. The molecule has 0 saturated heterocycles. The molecule has 0 unspecified atom stereocenters. The first kappa shape index (κ1) is 15.6. The van der Waals surface area contributed by atoms with Crippen LogP contribution < -0.4 is 11.1 Å². The van der Waals surface area contributed by atoms with Crippen LogP contribution in [0.25, 0.3) is 20.5 Å². The smallest absolute Gasteiger partial charge is 0.270 e. The summed E-state index contributed by atoms with van der Waals surface area (Å²) in [7, 11) is 0. The molecule has 0 atom stereocenters. The summed E-state index contributed by atoms with van der Waals surface area (Å²) >= 11 is 7.38. The molecule has 3 N–H and O–H groups in total. The molecule has 3 aromatic heterocycles. The molecule has 4 rings (SSSR count). The van der Waals surface area contributed by atoms with Crippen LogP contribution in [0.2, 0.25) is 5.02 Å². The lowest BCUT2D eigenvalue weighted by molar-refractivity contribution is 0.0996. The number of hydrogen-bond donors (Lipinski definition) is 2. The number of benzene rings is 1. The molecule has 0 spiro atoms. The van der Waals surface area contributed by atoms with E-state index < -0.39 is 5.91 Å². The number of carbonyl (C=O) groups is 1. The average Bonchev–Trinajstić information content (AvgIpc) is 3.25. The van der Waals surface area contributed by atoms with Crippen molar-refractivity contribution in [3.05, 3.63) is 59.6 Å². The number of nitrogens with one attached hydrogen (secondary N) is 1. The van der Waals surface area contributed by atoms with Crippen molar-refractivity contribution in [3.63, 3.8) is 0 Å². The van der Waals surface area contributed by atoms with E-state index in [0.717, 1.165) is 21.5 Å². The van der Waals surface area contributed by atoms with Crippen molar-refractivity contribution in [1.82, 2.24) is 10.2 Å². The van der Waals surface area contributed by atoms with Gasteiger partial charge in [0.2, 0.25) is 0 Å². The predicted octanol–water partition coefficient (Wildman–Crippen LogP) is 4.45. The molecule has 124 valence electrons. The van der Waals surface area contributed by atoms with Crippen LogP contribution in [-0.4, -0.2) is 16.1 Å². The number of thiophene rings is 1. The first-order chi connectivity index (χ1) is 12.1. The van der Waals surface area contributed by atoms with E-state index in [1.54, 1.807) is 18.6 Å². The van der Waals surface area contributed by atoms with Crippen LogP contribution in [0.15, 0.2) is 53.3 Å². The number of amides is 1. The van der Waals surface area contributed by atoms with E-state index in [1.807, 2.05) is 30.3 Å². The zero-order valence-electron chi connectivity index (χ0n) is 12.7. The summed E-state index contributed by atoms with van der Waals surface area (Å²) in [5.74, 6) is -0.0882. The van der Waals surface area contributed by atoms with E-state index in [0.29, 0.717) is 15.5 Å². The summed E-state index contributed by atoms with van der Waals surface area (Å²) in [6.07, 6.45) is 3.11. The molecule has 0 aliphatic heterocycles. The van der Waals surface area contributed by atoms with E-state index in [-0.39, 0.29) is 5.69 Å². The Hall–Kier alpha value is -2.90. The van der Waals surface area contributed by atoms with Gasteiger partial charge in [-0.15, -0.1) is 21.5 Å². The molecular formula is C17H11ClN4O2S. The van der Waals surface area contributed by atoms with Gasteiger partial charge in [0.25, 0.3) is 5.91 Å². The molecule has 25 heavy (non-hydrogen) atoms. The van der Waals surface area contributed by atoms with E-state index in [1.165, 1.54) is 11.3 Å². The molecular weight excluding hydrogens is 360 g/mol. The summed E-state index contributed by atoms with van der Waals surface area (Å²) in [6.45, 7) is 0. The van der Waals surface area contributed by atoms with Gasteiger partial charge in [0.05, 0.1) is 16.7 Å². The highest BCUT2D eigenvalue weighted by Crippen LogP contribution is 2.38. The molecule has 6 nitrogen and oxygen atoms in total. The van der Waals surface area contributed by atoms with Crippen LogP contribution in [0.4, 0.5) is 11.5 Å². The fraction of sp³-hybridized carbons (Fsp3) is 0. The minimum Gasteiger partial charge on any atom is -0.470 e. The fourth-order valence-corrected chi connectivity index (χ4v) is 3.70. The second-order valence-electron chi connectivity index (χ2n) is 5.26. The monoisotopic (exact) mass is 370 g/mol. The maximum Gasteiger partial charge on any atom is 0.270 e. The van der Waals surface area contributed by atoms with Gasteiger partial charge in [0, 0.05) is 15.3 Å². The highest BCUT2D eigenvalue weighted by molar-refractivity contribution is 7.22. The van der Waals surface area contributed by atoms with Crippen LogP contribution in [0.5, 0.6) is 0 Å². The van der Waals surface area contributed by atoms with Crippen molar-refractivity contribution < 1.29 is 9.21 Å². The Labute approximate surface area is 151 Å². The number of aromatic nitrogens is 2. The molecule has 0 radical (unpaired) electrons. The zero-order valence-corrected chi connectivity index (χ0v) is 14.3. The number of fused-ring (bicyclic) bond motifs is 1. The highest BCUT2D eigenvalue weighted by Gasteiger charge is 2.18. The van der Waals surface area contributed by atoms with Crippen LogP contribution in [0.1, 0.15) is 10.5 Å². The van der Waals surface area contributed by atoms with E-state index in [4.69, 9.17) is 21.8 Å². The second-order valence-corrected chi connectivity index (χ2v) is 6.75. The number of carbonyl (C=O) groups excluding carboxylic acids is 1. The first-order valence-corrected chi connectivity index (χ1v) is 8.46. The van der Waals surface area contributed by atoms with Crippen LogP contribution in [0, 0.1) is 0 Å². The molecule has 1 aromatic carbocycles. The number of anilines is 2. The highest BCUT2D eigenvalue weighted by atomic mass is 35.5. The van der Waals surface area contributed by atoms with Crippen molar-refractivity contribution in [2.75, 3.05) is 5.32 Å². The lowest BCUT2D eigenvalue weighted by atomic mass is 10.1. The van der Waals surface area contributed by atoms with Gasteiger partial charge in [-0.05, 0) is 29.8 Å². The normalized spacial score (nSPS) is 10.9. The van der Waals surface area contributed by atoms with Crippen molar-refractivity contribution in [1.29, 1.82) is 0 Å². The molecule has 0 aliphatic rings. The van der Waals surface area contributed by atoms with E-state index in [2.05, 4.69) is 15.5 Å². The SMILES string of the molecule is NC(=O)c1nnc(Nc2ccoc2)c2cc(-c3ccc(Cl)cc3)sc12. The second kappa shape index (κ2) is 6.19. The van der Waals surface area contributed by atoms with Gasteiger partial charge >= 0.3 is 0 Å². The number of nitrogens with two attached hydrogens (primary N) is 1. The van der Waals surface area contributed by atoms with Crippen molar-refractivity contribution in [3.8, 4) is 10.4 Å². The van der Waals surface area contributed by atoms with Gasteiger partial charge in [0.15, 0.2) is 11.5 Å². The third kappa shape index (κ3) is 2.95. The maximum atomic E-state index is 11.7. The summed E-state index contributed by atoms with van der Waals surface area (Å²) in [5, 5.41) is 12.6. The number of furan rings is 1. The Morgan fingerprint density at radius 1 is 1.20 bits per heavy atom. The molecule has 0 aliphatic carbocycles. The van der Waals surface area contributed by atoms with Crippen molar-refractivity contribution >= 4 is 50.4 Å². The number of rotatable bonds is 4. The lowest BCUT2D eigenvalue weighted by Crippen LogP contribution is -2.14. The summed E-state index contributed by atoms with van der Waals surface area (Å²) < 4.78 is 5.73. The van der Waals surface area contributed by atoms with Gasteiger partial charge in [-0.25, -0.2) is 0 Å². The summed E-state index contributed by atoms with van der Waals surface area (Å²) in [4.78, 5) is 12.7. The quantitative estimate of drug-likeness (QED) is 0.553. The van der Waals surface area contributed by atoms with Gasteiger partial charge in [-0.1, -0.05) is 23.7 Å². The third-order valence-corrected chi connectivity index (χ3v) is 5.04. The molecule has 0 fully saturated rings. The average molecular weight is 371 g/mol. The number of primary amides is 1. The van der Waals surface area contributed by atoms with Gasteiger partial charge in [-0.3, -0.25) is 4.79 Å². The molecule has 8 heteroatoms. The Bertz CT molecular complexity index is 1060. The number of halogens is 1. The van der Waals surface area contributed by atoms with Crippen LogP contribution in [-0.2, 0) is 0 Å². The minimum absolute atomic E-state index is 0.151. The molecule has 1 amide bonds.